The van der Waals surface area contributed by atoms with Gasteiger partial charge in [0.2, 0.25) is 5.76 Å². The summed E-state index contributed by atoms with van der Waals surface area (Å²) in [4.78, 5) is 14.5. The summed E-state index contributed by atoms with van der Waals surface area (Å²) in [5, 5.41) is 7.83. The first kappa shape index (κ1) is 15.6. The van der Waals surface area contributed by atoms with Crippen molar-refractivity contribution in [1.82, 2.24) is 15.2 Å². The van der Waals surface area contributed by atoms with E-state index < -0.39 is 0 Å². The van der Waals surface area contributed by atoms with E-state index in [1.165, 1.54) is 12.1 Å². The molecule has 0 N–H and O–H groups in total. The maximum Gasteiger partial charge on any atom is 0.293 e. The van der Waals surface area contributed by atoms with Gasteiger partial charge in [-0.25, -0.2) is 4.39 Å². The average Bonchev–Trinajstić information content (AvgIpc) is 3.35. The topological polar surface area (TPSA) is 72.4 Å². The normalized spacial score (nSPS) is 17.2. The molecule has 1 fully saturated rings. The predicted octanol–water partition coefficient (Wildman–Crippen LogP) is 3.75. The predicted molar refractivity (Wildman–Crippen MR) is 86.1 cm³/mol. The third kappa shape index (κ3) is 2.93. The third-order valence-corrected chi connectivity index (χ3v) is 4.35. The maximum absolute atomic E-state index is 13.0. The third-order valence-electron chi connectivity index (χ3n) is 4.35. The molecule has 1 aliphatic heterocycles. The Bertz CT molecular complexity index is 900. The minimum atomic E-state index is -0.328. The standard InChI is InChI=1S/C18H16FN3O3/c1-11-9-16(24-20-11)15-3-2-8-22(15)18(23)17-10-14(21-25-17)12-4-6-13(19)7-5-12/h4-7,9-10,15H,2-3,8H2,1H3. The smallest absolute Gasteiger partial charge is 0.293 e. The molecule has 25 heavy (non-hydrogen) atoms. The number of nitrogens with zero attached hydrogens (tertiary/aromatic N) is 3. The Balaban J connectivity index is 1.57. The first-order chi connectivity index (χ1) is 12.1. The number of likely N-dealkylation sites (tertiary alicyclic amines) is 1. The SMILES string of the molecule is Cc1cc(C2CCCN2C(=O)c2cc(-c3ccc(F)cc3)no2)on1. The molecule has 0 aliphatic carbocycles. The van der Waals surface area contributed by atoms with Gasteiger partial charge in [0.05, 0.1) is 11.7 Å². The van der Waals surface area contributed by atoms with Gasteiger partial charge in [0.1, 0.15) is 11.5 Å². The fourth-order valence-electron chi connectivity index (χ4n) is 3.12. The Morgan fingerprint density at radius 2 is 2.00 bits per heavy atom. The number of benzene rings is 1. The summed E-state index contributed by atoms with van der Waals surface area (Å²) >= 11 is 0. The van der Waals surface area contributed by atoms with Crippen LogP contribution in [-0.4, -0.2) is 27.7 Å². The monoisotopic (exact) mass is 341 g/mol. The number of hydrogen-bond acceptors (Lipinski definition) is 5. The summed E-state index contributed by atoms with van der Waals surface area (Å²) in [6.45, 7) is 2.47. The molecule has 7 heteroatoms. The van der Waals surface area contributed by atoms with Crippen LogP contribution in [0, 0.1) is 12.7 Å². The van der Waals surface area contributed by atoms with E-state index in [1.54, 1.807) is 23.1 Å². The van der Waals surface area contributed by atoms with Crippen LogP contribution in [0.1, 0.15) is 40.9 Å². The molecular weight excluding hydrogens is 325 g/mol. The van der Waals surface area contributed by atoms with Gasteiger partial charge in [-0.3, -0.25) is 4.79 Å². The van der Waals surface area contributed by atoms with Crippen LogP contribution < -0.4 is 0 Å². The first-order valence-electron chi connectivity index (χ1n) is 8.08. The summed E-state index contributed by atoms with van der Waals surface area (Å²) in [7, 11) is 0. The number of rotatable bonds is 3. The molecule has 1 aromatic carbocycles. The molecule has 3 aromatic rings. The van der Waals surface area contributed by atoms with Crippen molar-refractivity contribution in [3.8, 4) is 11.3 Å². The minimum absolute atomic E-state index is 0.145. The van der Waals surface area contributed by atoms with Gasteiger partial charge in [-0.2, -0.15) is 0 Å². The molecule has 4 rings (SSSR count). The van der Waals surface area contributed by atoms with Crippen molar-refractivity contribution in [3.63, 3.8) is 0 Å². The zero-order valence-corrected chi connectivity index (χ0v) is 13.6. The summed E-state index contributed by atoms with van der Waals surface area (Å²) in [5.41, 5.74) is 1.97. The Morgan fingerprint density at radius 1 is 1.20 bits per heavy atom. The number of aromatic nitrogens is 2. The number of halogens is 1. The van der Waals surface area contributed by atoms with Gasteiger partial charge >= 0.3 is 0 Å². The molecule has 1 aliphatic rings. The van der Waals surface area contributed by atoms with Gasteiger partial charge in [-0.1, -0.05) is 10.3 Å². The highest BCUT2D eigenvalue weighted by Crippen LogP contribution is 2.34. The van der Waals surface area contributed by atoms with Crippen molar-refractivity contribution in [2.45, 2.75) is 25.8 Å². The van der Waals surface area contributed by atoms with Gasteiger partial charge in [0.15, 0.2) is 5.76 Å². The first-order valence-corrected chi connectivity index (χ1v) is 8.08. The molecule has 0 bridgehead atoms. The average molecular weight is 341 g/mol. The van der Waals surface area contributed by atoms with Gasteiger partial charge < -0.3 is 13.9 Å². The van der Waals surface area contributed by atoms with Gasteiger partial charge in [0.25, 0.3) is 5.91 Å². The lowest BCUT2D eigenvalue weighted by Gasteiger charge is -2.20. The van der Waals surface area contributed by atoms with E-state index in [0.29, 0.717) is 23.6 Å². The highest BCUT2D eigenvalue weighted by molar-refractivity contribution is 5.92. The lowest BCUT2D eigenvalue weighted by atomic mass is 10.1. The van der Waals surface area contributed by atoms with E-state index in [4.69, 9.17) is 9.05 Å². The molecule has 3 heterocycles. The van der Waals surface area contributed by atoms with E-state index in [1.807, 2.05) is 13.0 Å². The van der Waals surface area contributed by atoms with Crippen LogP contribution in [0.3, 0.4) is 0 Å². The zero-order chi connectivity index (χ0) is 17.4. The van der Waals surface area contributed by atoms with Gasteiger partial charge in [0, 0.05) is 24.2 Å². The van der Waals surface area contributed by atoms with Crippen LogP contribution in [0.2, 0.25) is 0 Å². The Morgan fingerprint density at radius 3 is 2.72 bits per heavy atom. The highest BCUT2D eigenvalue weighted by atomic mass is 19.1. The summed E-state index contributed by atoms with van der Waals surface area (Å²) in [6, 6.07) is 9.15. The molecule has 0 spiro atoms. The number of carbonyl (C=O) groups is 1. The van der Waals surface area contributed by atoms with Gasteiger partial charge in [-0.05, 0) is 44.0 Å². The molecule has 1 saturated heterocycles. The molecule has 6 nitrogen and oxygen atoms in total. The lowest BCUT2D eigenvalue weighted by Crippen LogP contribution is -2.30. The number of aryl methyl sites for hydroxylation is 1. The fraction of sp³-hybridized carbons (Fsp3) is 0.278. The quantitative estimate of drug-likeness (QED) is 0.725. The van der Waals surface area contributed by atoms with Crippen LogP contribution in [0.15, 0.2) is 45.4 Å². The van der Waals surface area contributed by atoms with Crippen molar-refractivity contribution < 1.29 is 18.2 Å². The van der Waals surface area contributed by atoms with Gasteiger partial charge in [-0.15, -0.1) is 0 Å². The molecule has 0 radical (unpaired) electrons. The number of carbonyl (C=O) groups excluding carboxylic acids is 1. The van der Waals surface area contributed by atoms with E-state index in [0.717, 1.165) is 18.5 Å². The van der Waals surface area contributed by atoms with Crippen LogP contribution in [0.4, 0.5) is 4.39 Å². The van der Waals surface area contributed by atoms with Crippen molar-refractivity contribution in [2.24, 2.45) is 0 Å². The molecule has 1 unspecified atom stereocenters. The number of hydrogen-bond donors (Lipinski definition) is 0. The largest absolute Gasteiger partial charge is 0.359 e. The van der Waals surface area contributed by atoms with E-state index in [9.17, 15) is 9.18 Å². The van der Waals surface area contributed by atoms with E-state index in [-0.39, 0.29) is 23.5 Å². The Labute approximate surface area is 143 Å². The molecule has 2 aromatic heterocycles. The minimum Gasteiger partial charge on any atom is -0.359 e. The van der Waals surface area contributed by atoms with Crippen molar-refractivity contribution in [2.75, 3.05) is 6.54 Å². The van der Waals surface area contributed by atoms with Crippen LogP contribution in [-0.2, 0) is 0 Å². The van der Waals surface area contributed by atoms with Crippen molar-refractivity contribution in [3.05, 3.63) is 59.4 Å². The Hall–Kier alpha value is -2.96. The zero-order valence-electron chi connectivity index (χ0n) is 13.6. The lowest BCUT2D eigenvalue weighted by molar-refractivity contribution is 0.0672. The van der Waals surface area contributed by atoms with Crippen LogP contribution in [0.5, 0.6) is 0 Å². The molecule has 1 amide bonds. The second kappa shape index (κ2) is 6.16. The summed E-state index contributed by atoms with van der Waals surface area (Å²) in [6.07, 6.45) is 1.70. The van der Waals surface area contributed by atoms with Crippen LogP contribution in [0.25, 0.3) is 11.3 Å². The fourth-order valence-corrected chi connectivity index (χ4v) is 3.12. The number of amides is 1. The maximum atomic E-state index is 13.0. The van der Waals surface area contributed by atoms with Crippen molar-refractivity contribution >= 4 is 5.91 Å². The second-order valence-electron chi connectivity index (χ2n) is 6.11. The molecular formula is C18H16FN3O3. The highest BCUT2D eigenvalue weighted by Gasteiger charge is 2.34. The summed E-state index contributed by atoms with van der Waals surface area (Å²) < 4.78 is 23.6. The molecule has 128 valence electrons. The molecule has 1 atom stereocenters. The van der Waals surface area contributed by atoms with Crippen molar-refractivity contribution in [1.29, 1.82) is 0 Å². The summed E-state index contributed by atoms with van der Waals surface area (Å²) in [5.74, 6) is 0.271. The second-order valence-corrected chi connectivity index (χ2v) is 6.11. The van der Waals surface area contributed by atoms with Crippen LogP contribution >= 0.6 is 0 Å². The van der Waals surface area contributed by atoms with E-state index in [2.05, 4.69) is 10.3 Å². The molecule has 0 saturated carbocycles. The Kier molecular flexibility index (Phi) is 3.83. The van der Waals surface area contributed by atoms with E-state index >= 15 is 0 Å².